The van der Waals surface area contributed by atoms with Crippen molar-refractivity contribution in [2.45, 2.75) is 63.8 Å². The molecule has 5 atom stereocenters. The molecule has 0 saturated carbocycles. The van der Waals surface area contributed by atoms with Crippen molar-refractivity contribution in [2.75, 3.05) is 20.2 Å². The molecule has 0 radical (unpaired) electrons. The van der Waals surface area contributed by atoms with E-state index < -0.39 is 24.2 Å². The molecule has 3 heterocycles. The standard InChI is InChI=1S/C25H34N4O5/c1-4-15(2)21(26)24(31)29-13-10-20-22(29)25(32)28-12-5-6-18(28)23(30)27-11-9-16-14-17(34-20)7-8-19(16)33-3/h7-9,11,14-15,18,20-22H,4-6,10,12-13,26H2,1-3H3,(H,27,30)/b11-9-/t15-,18-,20-,21-,22-/m0/s1. The summed E-state index contributed by atoms with van der Waals surface area (Å²) in [5.74, 6) is 0.416. The summed E-state index contributed by atoms with van der Waals surface area (Å²) >= 11 is 0. The van der Waals surface area contributed by atoms with Gasteiger partial charge in [0.05, 0.1) is 13.2 Å². The molecule has 4 rings (SSSR count). The monoisotopic (exact) mass is 470 g/mol. The summed E-state index contributed by atoms with van der Waals surface area (Å²) in [6.45, 7) is 4.76. The van der Waals surface area contributed by atoms with Crippen molar-refractivity contribution in [2.24, 2.45) is 11.7 Å². The molecule has 3 N–H and O–H groups in total. The fraction of sp³-hybridized carbons (Fsp3) is 0.560. The van der Waals surface area contributed by atoms with Crippen molar-refractivity contribution in [1.29, 1.82) is 0 Å². The minimum atomic E-state index is -0.838. The van der Waals surface area contributed by atoms with Gasteiger partial charge in [0.15, 0.2) is 0 Å². The molecule has 0 aliphatic carbocycles. The zero-order valence-electron chi connectivity index (χ0n) is 20.0. The Hall–Kier alpha value is -3.07. The Bertz CT molecular complexity index is 980. The van der Waals surface area contributed by atoms with Crippen LogP contribution in [0.4, 0.5) is 0 Å². The van der Waals surface area contributed by atoms with Crippen molar-refractivity contribution in [3.8, 4) is 11.5 Å². The fourth-order valence-corrected chi connectivity index (χ4v) is 4.99. The second-order valence-corrected chi connectivity index (χ2v) is 9.27. The molecule has 3 aliphatic rings. The topological polar surface area (TPSA) is 114 Å². The first-order valence-corrected chi connectivity index (χ1v) is 12.0. The lowest BCUT2D eigenvalue weighted by Crippen LogP contribution is -2.58. The highest BCUT2D eigenvalue weighted by molar-refractivity contribution is 5.94. The molecule has 3 aliphatic heterocycles. The van der Waals surface area contributed by atoms with E-state index in [1.54, 1.807) is 47.4 Å². The Morgan fingerprint density at radius 3 is 2.82 bits per heavy atom. The molecule has 3 amide bonds. The molecule has 34 heavy (non-hydrogen) atoms. The van der Waals surface area contributed by atoms with Gasteiger partial charge < -0.3 is 30.3 Å². The van der Waals surface area contributed by atoms with Crippen LogP contribution in [0.1, 0.15) is 45.1 Å². The van der Waals surface area contributed by atoms with Crippen molar-refractivity contribution >= 4 is 23.8 Å². The van der Waals surface area contributed by atoms with E-state index in [0.717, 1.165) is 18.4 Å². The summed E-state index contributed by atoms with van der Waals surface area (Å²) in [4.78, 5) is 43.3. The predicted octanol–water partition coefficient (Wildman–Crippen LogP) is 1.51. The Morgan fingerprint density at radius 1 is 1.29 bits per heavy atom. The molecule has 9 heteroatoms. The average Bonchev–Trinajstić information content (AvgIpc) is 3.49. The van der Waals surface area contributed by atoms with Gasteiger partial charge in [0.2, 0.25) is 17.7 Å². The minimum Gasteiger partial charge on any atom is -0.496 e. The van der Waals surface area contributed by atoms with Crippen LogP contribution in [0.2, 0.25) is 0 Å². The Morgan fingerprint density at radius 2 is 2.09 bits per heavy atom. The van der Waals surface area contributed by atoms with Gasteiger partial charge in [-0.15, -0.1) is 0 Å². The van der Waals surface area contributed by atoms with Gasteiger partial charge in [-0.25, -0.2) is 0 Å². The van der Waals surface area contributed by atoms with Crippen molar-refractivity contribution < 1.29 is 23.9 Å². The highest BCUT2D eigenvalue weighted by Gasteiger charge is 2.49. The van der Waals surface area contributed by atoms with Crippen LogP contribution in [0.5, 0.6) is 11.5 Å². The quantitative estimate of drug-likeness (QED) is 0.690. The van der Waals surface area contributed by atoms with Gasteiger partial charge in [-0.1, -0.05) is 20.3 Å². The molecule has 184 valence electrons. The molecule has 2 saturated heterocycles. The van der Waals surface area contributed by atoms with E-state index in [1.807, 2.05) is 13.8 Å². The van der Waals surface area contributed by atoms with Gasteiger partial charge in [-0.2, -0.15) is 0 Å². The fourth-order valence-electron chi connectivity index (χ4n) is 4.99. The number of carbonyl (C=O) groups is 3. The smallest absolute Gasteiger partial charge is 0.249 e. The summed E-state index contributed by atoms with van der Waals surface area (Å²) in [7, 11) is 1.58. The molecular formula is C25H34N4O5. The molecular weight excluding hydrogens is 436 g/mol. The Labute approximate surface area is 200 Å². The van der Waals surface area contributed by atoms with E-state index in [4.69, 9.17) is 15.2 Å². The third kappa shape index (κ3) is 4.49. The van der Waals surface area contributed by atoms with Crippen LogP contribution in [-0.2, 0) is 14.4 Å². The first-order chi connectivity index (χ1) is 16.3. The van der Waals surface area contributed by atoms with Crippen LogP contribution in [-0.4, -0.2) is 72.0 Å². The number of nitrogens with one attached hydrogen (secondary N) is 1. The Kier molecular flexibility index (Phi) is 7.11. The third-order valence-corrected chi connectivity index (χ3v) is 7.24. The minimum absolute atomic E-state index is 0.0159. The predicted molar refractivity (Wildman–Crippen MR) is 127 cm³/mol. The van der Waals surface area contributed by atoms with Crippen LogP contribution < -0.4 is 20.5 Å². The number of hydrogen-bond acceptors (Lipinski definition) is 6. The van der Waals surface area contributed by atoms with Crippen LogP contribution in [0.15, 0.2) is 24.4 Å². The van der Waals surface area contributed by atoms with E-state index in [9.17, 15) is 14.4 Å². The summed E-state index contributed by atoms with van der Waals surface area (Å²) in [5, 5.41) is 2.80. The molecule has 0 aromatic heterocycles. The van der Waals surface area contributed by atoms with Crippen LogP contribution in [0.3, 0.4) is 0 Å². The third-order valence-electron chi connectivity index (χ3n) is 7.24. The van der Waals surface area contributed by atoms with Gasteiger partial charge in [0, 0.05) is 31.3 Å². The number of rotatable bonds is 4. The highest BCUT2D eigenvalue weighted by atomic mass is 16.5. The maximum absolute atomic E-state index is 13.9. The maximum atomic E-state index is 13.9. The summed E-state index contributed by atoms with van der Waals surface area (Å²) in [6, 6.07) is 3.24. The summed E-state index contributed by atoms with van der Waals surface area (Å²) in [5.41, 5.74) is 7.01. The summed E-state index contributed by atoms with van der Waals surface area (Å²) < 4.78 is 11.7. The van der Waals surface area contributed by atoms with Gasteiger partial charge in [0.1, 0.15) is 29.7 Å². The zero-order valence-corrected chi connectivity index (χ0v) is 20.0. The van der Waals surface area contributed by atoms with Crippen molar-refractivity contribution in [3.05, 3.63) is 30.0 Å². The van der Waals surface area contributed by atoms with E-state index in [0.29, 0.717) is 37.4 Å². The largest absolute Gasteiger partial charge is 0.496 e. The van der Waals surface area contributed by atoms with Crippen molar-refractivity contribution in [3.63, 3.8) is 0 Å². The number of carbonyl (C=O) groups excluding carboxylic acids is 3. The maximum Gasteiger partial charge on any atom is 0.249 e. The van der Waals surface area contributed by atoms with Gasteiger partial charge in [-0.3, -0.25) is 14.4 Å². The van der Waals surface area contributed by atoms with Crippen LogP contribution in [0.25, 0.3) is 6.08 Å². The number of ether oxygens (including phenoxy) is 2. The van der Waals surface area contributed by atoms with Crippen molar-refractivity contribution in [1.82, 2.24) is 15.1 Å². The second-order valence-electron chi connectivity index (χ2n) is 9.27. The Balaban J connectivity index is 1.73. The lowest BCUT2D eigenvalue weighted by molar-refractivity contribution is -0.149. The average molecular weight is 471 g/mol. The van der Waals surface area contributed by atoms with E-state index in [-0.39, 0.29) is 23.6 Å². The lowest BCUT2D eigenvalue weighted by atomic mass is 9.98. The number of nitrogens with two attached hydrogens (primary N) is 1. The van der Waals surface area contributed by atoms with E-state index >= 15 is 0 Å². The number of fused-ring (bicyclic) bond motifs is 4. The van der Waals surface area contributed by atoms with Crippen LogP contribution >= 0.6 is 0 Å². The lowest BCUT2D eigenvalue weighted by Gasteiger charge is -2.34. The number of methoxy groups -OCH3 is 1. The molecule has 1 aromatic carbocycles. The number of hydrogen-bond donors (Lipinski definition) is 2. The van der Waals surface area contributed by atoms with Gasteiger partial charge in [0.25, 0.3) is 0 Å². The normalized spacial score (nSPS) is 27.2. The molecule has 2 fully saturated rings. The highest BCUT2D eigenvalue weighted by Crippen LogP contribution is 2.32. The summed E-state index contributed by atoms with van der Waals surface area (Å²) in [6.07, 6.45) is 5.31. The van der Waals surface area contributed by atoms with Gasteiger partial charge >= 0.3 is 0 Å². The van der Waals surface area contributed by atoms with Gasteiger partial charge in [-0.05, 0) is 43.0 Å². The molecule has 0 spiro atoms. The number of likely N-dealkylation sites (tertiary alicyclic amines) is 1. The van der Waals surface area contributed by atoms with E-state index in [2.05, 4.69) is 5.32 Å². The first kappa shape index (κ1) is 24.1. The molecule has 2 bridgehead atoms. The molecule has 1 aromatic rings. The number of nitrogens with zero attached hydrogens (tertiary/aromatic N) is 2. The number of benzene rings is 1. The molecule has 0 unspecified atom stereocenters. The first-order valence-electron chi connectivity index (χ1n) is 12.0. The van der Waals surface area contributed by atoms with E-state index in [1.165, 1.54) is 0 Å². The van der Waals surface area contributed by atoms with Crippen LogP contribution in [0, 0.1) is 5.92 Å². The molecule has 9 nitrogen and oxygen atoms in total. The number of amides is 3. The SMILES string of the molecule is CC[C@H](C)[C@H](N)C(=O)N1CC[C@@H]2Oc3ccc(OC)c(c3)/C=C\NC(=O)[C@@H]3CCCN3C(=O)[C@H]21. The zero-order chi connectivity index (χ0) is 24.4. The second kappa shape index (κ2) is 10.0.